The van der Waals surface area contributed by atoms with Gasteiger partial charge in [-0.3, -0.25) is 14.4 Å². The second kappa shape index (κ2) is 43.0. The molecular formula is C50H96O6. The van der Waals surface area contributed by atoms with E-state index in [0.717, 1.165) is 69.6 Å². The summed E-state index contributed by atoms with van der Waals surface area (Å²) in [5.74, 6) is 0.802. The molecule has 1 atom stereocenters. The molecule has 0 aliphatic carbocycles. The molecule has 0 aromatic heterocycles. The molecule has 0 radical (unpaired) electrons. The van der Waals surface area contributed by atoms with Crippen LogP contribution in [0, 0.1) is 11.8 Å². The van der Waals surface area contributed by atoms with Crippen LogP contribution in [0.3, 0.4) is 0 Å². The predicted molar refractivity (Wildman–Crippen MR) is 238 cm³/mol. The quantitative estimate of drug-likeness (QED) is 0.0347. The van der Waals surface area contributed by atoms with E-state index in [4.69, 9.17) is 14.2 Å². The average molecular weight is 793 g/mol. The Morgan fingerprint density at radius 1 is 0.339 bits per heavy atom. The lowest BCUT2D eigenvalue weighted by molar-refractivity contribution is -0.167. The zero-order valence-corrected chi connectivity index (χ0v) is 38.3. The summed E-state index contributed by atoms with van der Waals surface area (Å²) < 4.78 is 16.7. The molecule has 0 aromatic carbocycles. The van der Waals surface area contributed by atoms with Gasteiger partial charge in [0.2, 0.25) is 0 Å². The summed E-state index contributed by atoms with van der Waals surface area (Å²) in [5, 5.41) is 0. The van der Waals surface area contributed by atoms with Gasteiger partial charge in [-0.1, -0.05) is 234 Å². The summed E-state index contributed by atoms with van der Waals surface area (Å²) in [6.45, 7) is 11.3. The highest BCUT2D eigenvalue weighted by Crippen LogP contribution is 2.17. The summed E-state index contributed by atoms with van der Waals surface area (Å²) >= 11 is 0. The molecule has 0 N–H and O–H groups in total. The molecule has 0 saturated carbocycles. The first-order valence-electron chi connectivity index (χ1n) is 24.7. The van der Waals surface area contributed by atoms with Gasteiger partial charge in [-0.15, -0.1) is 0 Å². The van der Waals surface area contributed by atoms with Crippen LogP contribution in [0.4, 0.5) is 0 Å². The number of esters is 3. The monoisotopic (exact) mass is 793 g/mol. The van der Waals surface area contributed by atoms with Crippen LogP contribution in [0.1, 0.15) is 272 Å². The summed E-state index contributed by atoms with van der Waals surface area (Å²) in [6.07, 6.45) is 42.5. The van der Waals surface area contributed by atoms with Crippen molar-refractivity contribution >= 4 is 17.9 Å². The van der Waals surface area contributed by atoms with E-state index < -0.39 is 6.10 Å². The fourth-order valence-electron chi connectivity index (χ4n) is 7.46. The second-order valence-electron chi connectivity index (χ2n) is 18.1. The number of carbonyl (C=O) groups excluding carboxylic acids is 3. The zero-order valence-electron chi connectivity index (χ0n) is 38.3. The van der Waals surface area contributed by atoms with Gasteiger partial charge in [-0.25, -0.2) is 0 Å². The Hall–Kier alpha value is -1.59. The van der Waals surface area contributed by atoms with Crippen LogP contribution in [0.25, 0.3) is 0 Å². The Balaban J connectivity index is 4.19. The molecule has 0 aliphatic heterocycles. The van der Waals surface area contributed by atoms with Crippen LogP contribution < -0.4 is 0 Å². The molecule has 0 spiro atoms. The molecule has 0 fully saturated rings. The minimum Gasteiger partial charge on any atom is -0.462 e. The predicted octanol–water partition coefficient (Wildman–Crippen LogP) is 15.8. The standard InChI is InChI=1S/C50H96O6/c1-6-7-8-9-23-30-35-40-48(51)54-43-47(44-55-49(52)41-36-31-26-22-18-20-25-29-34-39-46(4)5)56-50(53)42-37-32-27-21-17-15-13-11-10-12-14-16-19-24-28-33-38-45(2)3/h45-47H,6-44H2,1-5H3/t47-/m1/s1. The summed E-state index contributed by atoms with van der Waals surface area (Å²) in [5.41, 5.74) is 0. The van der Waals surface area contributed by atoms with Crippen molar-refractivity contribution in [3.63, 3.8) is 0 Å². The number of hydrogen-bond donors (Lipinski definition) is 0. The molecule has 0 saturated heterocycles. The third-order valence-electron chi connectivity index (χ3n) is 11.2. The Morgan fingerprint density at radius 2 is 0.589 bits per heavy atom. The van der Waals surface area contributed by atoms with Crippen LogP contribution >= 0.6 is 0 Å². The molecule has 0 amide bonds. The molecule has 0 aliphatic rings. The van der Waals surface area contributed by atoms with E-state index in [1.807, 2.05) is 0 Å². The zero-order chi connectivity index (χ0) is 41.2. The van der Waals surface area contributed by atoms with Crippen molar-refractivity contribution in [1.82, 2.24) is 0 Å². The Bertz CT molecular complexity index is 854. The van der Waals surface area contributed by atoms with E-state index >= 15 is 0 Å². The number of hydrogen-bond acceptors (Lipinski definition) is 6. The molecule has 6 nitrogen and oxygen atoms in total. The van der Waals surface area contributed by atoms with Crippen LogP contribution in [0.15, 0.2) is 0 Å². The highest BCUT2D eigenvalue weighted by molar-refractivity contribution is 5.71. The Labute approximate surface area is 348 Å². The molecule has 332 valence electrons. The maximum atomic E-state index is 12.7. The Kier molecular flexibility index (Phi) is 41.8. The van der Waals surface area contributed by atoms with Crippen molar-refractivity contribution in [2.45, 2.75) is 278 Å². The normalized spacial score (nSPS) is 12.1. The van der Waals surface area contributed by atoms with Gasteiger partial charge in [-0.05, 0) is 31.1 Å². The summed E-state index contributed by atoms with van der Waals surface area (Å²) in [6, 6.07) is 0. The minimum absolute atomic E-state index is 0.0648. The van der Waals surface area contributed by atoms with Crippen LogP contribution in [-0.2, 0) is 28.6 Å². The van der Waals surface area contributed by atoms with Crippen molar-refractivity contribution in [3.8, 4) is 0 Å². The fourth-order valence-corrected chi connectivity index (χ4v) is 7.46. The molecule has 0 aromatic rings. The summed E-state index contributed by atoms with van der Waals surface area (Å²) in [4.78, 5) is 37.7. The van der Waals surface area contributed by atoms with Gasteiger partial charge in [0, 0.05) is 19.3 Å². The van der Waals surface area contributed by atoms with Gasteiger partial charge >= 0.3 is 17.9 Å². The number of unbranched alkanes of at least 4 members (excludes halogenated alkanes) is 29. The van der Waals surface area contributed by atoms with Crippen LogP contribution in [0.2, 0.25) is 0 Å². The number of carbonyl (C=O) groups is 3. The van der Waals surface area contributed by atoms with Crippen LogP contribution in [-0.4, -0.2) is 37.2 Å². The second-order valence-corrected chi connectivity index (χ2v) is 18.1. The molecule has 0 bridgehead atoms. The topological polar surface area (TPSA) is 78.9 Å². The van der Waals surface area contributed by atoms with Crippen molar-refractivity contribution < 1.29 is 28.6 Å². The smallest absolute Gasteiger partial charge is 0.306 e. The van der Waals surface area contributed by atoms with Gasteiger partial charge in [-0.2, -0.15) is 0 Å². The molecule has 0 heterocycles. The molecule has 0 unspecified atom stereocenters. The highest BCUT2D eigenvalue weighted by atomic mass is 16.6. The lowest BCUT2D eigenvalue weighted by atomic mass is 10.0. The lowest BCUT2D eigenvalue weighted by Gasteiger charge is -2.18. The van der Waals surface area contributed by atoms with Crippen molar-refractivity contribution in [2.24, 2.45) is 11.8 Å². The Morgan fingerprint density at radius 3 is 0.875 bits per heavy atom. The number of rotatable bonds is 44. The number of ether oxygens (including phenoxy) is 3. The van der Waals surface area contributed by atoms with Crippen molar-refractivity contribution in [1.29, 1.82) is 0 Å². The van der Waals surface area contributed by atoms with E-state index in [9.17, 15) is 14.4 Å². The van der Waals surface area contributed by atoms with E-state index in [1.54, 1.807) is 0 Å². The van der Waals surface area contributed by atoms with Crippen molar-refractivity contribution in [2.75, 3.05) is 13.2 Å². The van der Waals surface area contributed by atoms with Gasteiger partial charge in [0.15, 0.2) is 6.10 Å². The maximum absolute atomic E-state index is 12.7. The van der Waals surface area contributed by atoms with E-state index in [-0.39, 0.29) is 31.1 Å². The van der Waals surface area contributed by atoms with E-state index in [0.29, 0.717) is 19.3 Å². The first-order valence-corrected chi connectivity index (χ1v) is 24.7. The molecule has 56 heavy (non-hydrogen) atoms. The minimum atomic E-state index is -0.760. The first kappa shape index (κ1) is 54.4. The molecule has 0 rings (SSSR count). The highest BCUT2D eigenvalue weighted by Gasteiger charge is 2.19. The SMILES string of the molecule is CCCCCCCCCC(=O)OC[C@H](COC(=O)CCCCCCCCCCCC(C)C)OC(=O)CCCCCCCCCCCCCCCCCCC(C)C. The summed E-state index contributed by atoms with van der Waals surface area (Å²) in [7, 11) is 0. The third-order valence-corrected chi connectivity index (χ3v) is 11.2. The van der Waals surface area contributed by atoms with Crippen molar-refractivity contribution in [3.05, 3.63) is 0 Å². The van der Waals surface area contributed by atoms with Gasteiger partial charge < -0.3 is 14.2 Å². The van der Waals surface area contributed by atoms with Gasteiger partial charge in [0.05, 0.1) is 0 Å². The molecule has 6 heteroatoms. The van der Waals surface area contributed by atoms with E-state index in [2.05, 4.69) is 34.6 Å². The van der Waals surface area contributed by atoms with E-state index in [1.165, 1.54) is 161 Å². The largest absolute Gasteiger partial charge is 0.462 e. The average Bonchev–Trinajstić information content (AvgIpc) is 3.16. The van der Waals surface area contributed by atoms with Crippen LogP contribution in [0.5, 0.6) is 0 Å². The molecular weight excluding hydrogens is 697 g/mol. The first-order chi connectivity index (χ1) is 27.2. The lowest BCUT2D eigenvalue weighted by Crippen LogP contribution is -2.30. The third kappa shape index (κ3) is 43.5. The van der Waals surface area contributed by atoms with Gasteiger partial charge in [0.25, 0.3) is 0 Å². The fraction of sp³-hybridized carbons (Fsp3) is 0.940. The van der Waals surface area contributed by atoms with Gasteiger partial charge in [0.1, 0.15) is 13.2 Å². The maximum Gasteiger partial charge on any atom is 0.306 e.